The first kappa shape index (κ1) is 19.7. The Morgan fingerprint density at radius 3 is 2.41 bits per heavy atom. The van der Waals surface area contributed by atoms with Crippen molar-refractivity contribution >= 4 is 17.5 Å². The van der Waals surface area contributed by atoms with Crippen LogP contribution >= 0.6 is 11.6 Å². The number of amides is 1. The topological polar surface area (TPSA) is 32.8 Å². The number of halogens is 1. The van der Waals surface area contributed by atoms with Crippen molar-refractivity contribution in [3.05, 3.63) is 65.2 Å². The Bertz CT molecular complexity index is 747. The molecule has 1 amide bonds. The molecular weight excluding hydrogens is 360 g/mol. The highest BCUT2D eigenvalue weighted by Gasteiger charge is 2.35. The van der Waals surface area contributed by atoms with Gasteiger partial charge in [-0.05, 0) is 50.1 Å². The second kappa shape index (κ2) is 8.77. The summed E-state index contributed by atoms with van der Waals surface area (Å²) in [5, 5.41) is 0.650. The number of nitrogens with zero attached hydrogens (tertiary/aromatic N) is 2. The standard InChI is InChI=1S/C22H27ClN2O2/c1-22(2,27-20-11-9-19(23)10-12-20)21(26)25-14-6-13-24(15-16-25)17-18-7-4-3-5-8-18/h3-5,7-12H,6,13-17H2,1-2H3. The van der Waals surface area contributed by atoms with Gasteiger partial charge < -0.3 is 9.64 Å². The predicted molar refractivity (Wildman–Crippen MR) is 109 cm³/mol. The smallest absolute Gasteiger partial charge is 0.266 e. The molecule has 0 N–H and O–H groups in total. The minimum absolute atomic E-state index is 0.0269. The van der Waals surface area contributed by atoms with Crippen LogP contribution in [0.25, 0.3) is 0 Å². The quantitative estimate of drug-likeness (QED) is 0.770. The fourth-order valence-electron chi connectivity index (χ4n) is 3.40. The molecule has 0 bridgehead atoms. The summed E-state index contributed by atoms with van der Waals surface area (Å²) in [5.74, 6) is 0.678. The van der Waals surface area contributed by atoms with Crippen LogP contribution in [-0.4, -0.2) is 47.5 Å². The first-order valence-electron chi connectivity index (χ1n) is 9.44. The van der Waals surface area contributed by atoms with Gasteiger partial charge in [-0.25, -0.2) is 0 Å². The van der Waals surface area contributed by atoms with Crippen LogP contribution in [0.3, 0.4) is 0 Å². The summed E-state index contributed by atoms with van der Waals surface area (Å²) < 4.78 is 5.97. The lowest BCUT2D eigenvalue weighted by molar-refractivity contribution is -0.145. The summed E-state index contributed by atoms with van der Waals surface area (Å²) in [5.41, 5.74) is 0.395. The lowest BCUT2D eigenvalue weighted by atomic mass is 10.1. The number of benzene rings is 2. The van der Waals surface area contributed by atoms with Crippen molar-refractivity contribution in [1.82, 2.24) is 9.80 Å². The van der Waals surface area contributed by atoms with Crippen molar-refractivity contribution in [2.45, 2.75) is 32.4 Å². The van der Waals surface area contributed by atoms with Crippen LogP contribution in [0.2, 0.25) is 5.02 Å². The molecule has 2 aromatic carbocycles. The summed E-state index contributed by atoms with van der Waals surface area (Å²) >= 11 is 5.92. The first-order valence-corrected chi connectivity index (χ1v) is 9.82. The molecule has 0 atom stereocenters. The van der Waals surface area contributed by atoms with E-state index in [0.29, 0.717) is 10.8 Å². The summed E-state index contributed by atoms with van der Waals surface area (Å²) in [4.78, 5) is 17.4. The van der Waals surface area contributed by atoms with Crippen LogP contribution in [0.15, 0.2) is 54.6 Å². The van der Waals surface area contributed by atoms with Gasteiger partial charge in [0.05, 0.1) is 0 Å². The molecule has 0 aliphatic carbocycles. The van der Waals surface area contributed by atoms with E-state index in [4.69, 9.17) is 16.3 Å². The zero-order valence-electron chi connectivity index (χ0n) is 16.0. The molecule has 1 fully saturated rings. The van der Waals surface area contributed by atoms with Crippen molar-refractivity contribution in [3.8, 4) is 5.75 Å². The Hall–Kier alpha value is -2.04. The third kappa shape index (κ3) is 5.47. The van der Waals surface area contributed by atoms with Crippen LogP contribution in [0.5, 0.6) is 5.75 Å². The normalized spacial score (nSPS) is 16.0. The van der Waals surface area contributed by atoms with Gasteiger partial charge >= 0.3 is 0 Å². The largest absolute Gasteiger partial charge is 0.478 e. The second-order valence-electron chi connectivity index (χ2n) is 7.47. The average Bonchev–Trinajstić information content (AvgIpc) is 2.89. The minimum atomic E-state index is -0.914. The third-order valence-corrected chi connectivity index (χ3v) is 5.08. The monoisotopic (exact) mass is 386 g/mol. The van der Waals surface area contributed by atoms with E-state index in [9.17, 15) is 4.79 Å². The molecule has 1 aliphatic rings. The highest BCUT2D eigenvalue weighted by Crippen LogP contribution is 2.23. The van der Waals surface area contributed by atoms with E-state index in [1.165, 1.54) is 5.56 Å². The molecule has 4 nitrogen and oxygen atoms in total. The van der Waals surface area contributed by atoms with Crippen molar-refractivity contribution in [2.75, 3.05) is 26.2 Å². The van der Waals surface area contributed by atoms with Gasteiger partial charge in [0.1, 0.15) is 5.75 Å². The van der Waals surface area contributed by atoms with Crippen molar-refractivity contribution in [1.29, 1.82) is 0 Å². The summed E-state index contributed by atoms with van der Waals surface area (Å²) in [6.07, 6.45) is 0.968. The van der Waals surface area contributed by atoms with Gasteiger partial charge in [-0.2, -0.15) is 0 Å². The Morgan fingerprint density at radius 1 is 1.00 bits per heavy atom. The van der Waals surface area contributed by atoms with Gasteiger partial charge in [-0.3, -0.25) is 9.69 Å². The number of hydrogen-bond acceptors (Lipinski definition) is 3. The Labute approximate surface area is 166 Å². The van der Waals surface area contributed by atoms with Gasteiger partial charge in [0.25, 0.3) is 5.91 Å². The molecule has 27 heavy (non-hydrogen) atoms. The fourth-order valence-corrected chi connectivity index (χ4v) is 3.52. The maximum atomic E-state index is 13.1. The number of rotatable bonds is 5. The van der Waals surface area contributed by atoms with Crippen molar-refractivity contribution < 1.29 is 9.53 Å². The number of hydrogen-bond donors (Lipinski definition) is 0. The second-order valence-corrected chi connectivity index (χ2v) is 7.91. The van der Waals surface area contributed by atoms with E-state index >= 15 is 0 Å². The van der Waals surface area contributed by atoms with Gasteiger partial charge in [0.15, 0.2) is 5.60 Å². The van der Waals surface area contributed by atoms with E-state index in [-0.39, 0.29) is 5.91 Å². The molecule has 0 spiro atoms. The molecule has 0 unspecified atom stereocenters. The zero-order valence-corrected chi connectivity index (χ0v) is 16.8. The molecular formula is C22H27ClN2O2. The average molecular weight is 387 g/mol. The highest BCUT2D eigenvalue weighted by molar-refractivity contribution is 6.30. The van der Waals surface area contributed by atoms with Crippen LogP contribution in [-0.2, 0) is 11.3 Å². The third-order valence-electron chi connectivity index (χ3n) is 4.83. The molecule has 3 rings (SSSR count). The molecule has 0 radical (unpaired) electrons. The highest BCUT2D eigenvalue weighted by atomic mass is 35.5. The van der Waals surface area contributed by atoms with E-state index < -0.39 is 5.60 Å². The molecule has 0 saturated carbocycles. The summed E-state index contributed by atoms with van der Waals surface area (Å²) in [7, 11) is 0. The van der Waals surface area contributed by atoms with Crippen molar-refractivity contribution in [3.63, 3.8) is 0 Å². The van der Waals surface area contributed by atoms with Gasteiger partial charge in [-0.15, -0.1) is 0 Å². The molecule has 144 valence electrons. The Morgan fingerprint density at radius 2 is 1.70 bits per heavy atom. The predicted octanol–water partition coefficient (Wildman–Crippen LogP) is 4.23. The molecule has 1 saturated heterocycles. The molecule has 2 aromatic rings. The lowest BCUT2D eigenvalue weighted by Gasteiger charge is -2.32. The number of carbonyl (C=O) groups excluding carboxylic acids is 1. The van der Waals surface area contributed by atoms with Gasteiger partial charge in [0.2, 0.25) is 0 Å². The first-order chi connectivity index (χ1) is 12.9. The van der Waals surface area contributed by atoms with Crippen LogP contribution in [0.4, 0.5) is 0 Å². The Balaban J connectivity index is 1.58. The maximum absolute atomic E-state index is 13.1. The molecule has 5 heteroatoms. The van der Waals surface area contributed by atoms with Crippen LogP contribution < -0.4 is 4.74 Å². The van der Waals surface area contributed by atoms with E-state index in [1.54, 1.807) is 24.3 Å². The van der Waals surface area contributed by atoms with Crippen LogP contribution in [0, 0.1) is 0 Å². The van der Waals surface area contributed by atoms with Gasteiger partial charge in [0, 0.05) is 37.7 Å². The number of carbonyl (C=O) groups is 1. The molecule has 1 aliphatic heterocycles. The molecule has 0 aromatic heterocycles. The van der Waals surface area contributed by atoms with Crippen molar-refractivity contribution in [2.24, 2.45) is 0 Å². The summed E-state index contributed by atoms with van der Waals surface area (Å²) in [6.45, 7) is 7.94. The van der Waals surface area contributed by atoms with E-state index in [0.717, 1.165) is 39.1 Å². The Kier molecular flexibility index (Phi) is 6.40. The zero-order chi connectivity index (χ0) is 19.3. The molecule has 1 heterocycles. The van der Waals surface area contributed by atoms with Crippen LogP contribution in [0.1, 0.15) is 25.8 Å². The minimum Gasteiger partial charge on any atom is -0.478 e. The SMILES string of the molecule is CC(C)(Oc1ccc(Cl)cc1)C(=O)N1CCCN(Cc2ccccc2)CC1. The van der Waals surface area contributed by atoms with E-state index in [1.807, 2.05) is 24.8 Å². The maximum Gasteiger partial charge on any atom is 0.266 e. The fraction of sp³-hybridized carbons (Fsp3) is 0.409. The lowest BCUT2D eigenvalue weighted by Crippen LogP contribution is -2.50. The number of ether oxygens (including phenoxy) is 1. The van der Waals surface area contributed by atoms with E-state index in [2.05, 4.69) is 29.2 Å². The summed E-state index contributed by atoms with van der Waals surface area (Å²) in [6, 6.07) is 17.6. The van der Waals surface area contributed by atoms with Gasteiger partial charge in [-0.1, -0.05) is 41.9 Å².